The monoisotopic (exact) mass is 243 g/mol. The lowest BCUT2D eigenvalue weighted by atomic mass is 9.90. The molecule has 1 heterocycles. The van der Waals surface area contributed by atoms with Crippen molar-refractivity contribution in [1.82, 2.24) is 5.32 Å². The number of carbonyl (C=O) groups is 1. The molecule has 0 aromatic carbocycles. The lowest BCUT2D eigenvalue weighted by molar-refractivity contribution is -0.125. The zero-order valence-corrected chi connectivity index (χ0v) is 10.4. The van der Waals surface area contributed by atoms with E-state index in [4.69, 9.17) is 11.6 Å². The molecule has 2 rings (SSSR count). The summed E-state index contributed by atoms with van der Waals surface area (Å²) < 4.78 is 0.734. The number of halogens is 1. The SMILES string of the molecule is CC(C)(C(=O)NC1CC1)c1ccc(Cl)s1. The molecule has 15 heavy (non-hydrogen) atoms. The molecule has 0 saturated heterocycles. The van der Waals surface area contributed by atoms with Gasteiger partial charge in [-0.3, -0.25) is 4.79 Å². The lowest BCUT2D eigenvalue weighted by Crippen LogP contribution is -2.40. The van der Waals surface area contributed by atoms with E-state index in [0.29, 0.717) is 6.04 Å². The number of rotatable bonds is 3. The van der Waals surface area contributed by atoms with E-state index < -0.39 is 5.41 Å². The van der Waals surface area contributed by atoms with Gasteiger partial charge in [0.15, 0.2) is 0 Å². The Bertz CT molecular complexity index is 382. The molecule has 82 valence electrons. The molecule has 0 unspecified atom stereocenters. The van der Waals surface area contributed by atoms with Crippen LogP contribution in [0.25, 0.3) is 0 Å². The van der Waals surface area contributed by atoms with Gasteiger partial charge >= 0.3 is 0 Å². The molecule has 1 aromatic rings. The molecule has 0 aliphatic heterocycles. The Morgan fingerprint density at radius 1 is 1.53 bits per heavy atom. The Morgan fingerprint density at radius 3 is 2.67 bits per heavy atom. The van der Waals surface area contributed by atoms with Crippen molar-refractivity contribution < 1.29 is 4.79 Å². The first-order chi connectivity index (χ1) is 7.00. The van der Waals surface area contributed by atoms with Gasteiger partial charge in [-0.2, -0.15) is 0 Å². The Balaban J connectivity index is 2.13. The highest BCUT2D eigenvalue weighted by Gasteiger charge is 2.34. The second-order valence-corrected chi connectivity index (χ2v) is 6.19. The number of carbonyl (C=O) groups excluding carboxylic acids is 1. The quantitative estimate of drug-likeness (QED) is 0.869. The summed E-state index contributed by atoms with van der Waals surface area (Å²) >= 11 is 7.35. The summed E-state index contributed by atoms with van der Waals surface area (Å²) in [6.07, 6.45) is 2.24. The van der Waals surface area contributed by atoms with Crippen molar-refractivity contribution in [2.75, 3.05) is 0 Å². The fourth-order valence-electron chi connectivity index (χ4n) is 1.36. The van der Waals surface area contributed by atoms with Crippen LogP contribution in [-0.4, -0.2) is 11.9 Å². The molecule has 0 radical (unpaired) electrons. The fraction of sp³-hybridized carbons (Fsp3) is 0.545. The van der Waals surface area contributed by atoms with E-state index in [9.17, 15) is 4.79 Å². The zero-order chi connectivity index (χ0) is 11.1. The van der Waals surface area contributed by atoms with Crippen molar-refractivity contribution in [3.63, 3.8) is 0 Å². The second kappa shape index (κ2) is 3.80. The van der Waals surface area contributed by atoms with Gasteiger partial charge in [0.05, 0.1) is 9.75 Å². The molecule has 4 heteroatoms. The average molecular weight is 244 g/mol. The lowest BCUT2D eigenvalue weighted by Gasteiger charge is -2.22. The van der Waals surface area contributed by atoms with Crippen molar-refractivity contribution in [1.29, 1.82) is 0 Å². The molecular weight excluding hydrogens is 230 g/mol. The summed E-state index contributed by atoms with van der Waals surface area (Å²) in [6.45, 7) is 3.87. The van der Waals surface area contributed by atoms with Gasteiger partial charge < -0.3 is 5.32 Å². The maximum atomic E-state index is 12.0. The molecule has 0 spiro atoms. The van der Waals surface area contributed by atoms with Crippen LogP contribution in [0.5, 0.6) is 0 Å². The molecule has 1 fully saturated rings. The minimum absolute atomic E-state index is 0.100. The smallest absolute Gasteiger partial charge is 0.231 e. The van der Waals surface area contributed by atoms with Crippen LogP contribution in [0.2, 0.25) is 4.34 Å². The van der Waals surface area contributed by atoms with E-state index in [2.05, 4.69) is 5.32 Å². The first-order valence-electron chi connectivity index (χ1n) is 5.07. The minimum Gasteiger partial charge on any atom is -0.353 e. The maximum Gasteiger partial charge on any atom is 0.231 e. The third-order valence-electron chi connectivity index (χ3n) is 2.67. The van der Waals surface area contributed by atoms with E-state index in [-0.39, 0.29) is 5.91 Å². The van der Waals surface area contributed by atoms with Gasteiger partial charge in [-0.05, 0) is 38.8 Å². The van der Waals surface area contributed by atoms with Crippen molar-refractivity contribution in [3.05, 3.63) is 21.3 Å². The zero-order valence-electron chi connectivity index (χ0n) is 8.84. The molecule has 0 atom stereocenters. The van der Waals surface area contributed by atoms with E-state index >= 15 is 0 Å². The predicted molar refractivity (Wildman–Crippen MR) is 63.5 cm³/mol. The number of amides is 1. The predicted octanol–water partition coefficient (Wildman–Crippen LogP) is 2.96. The van der Waals surface area contributed by atoms with Gasteiger partial charge in [0.1, 0.15) is 0 Å². The normalized spacial score (nSPS) is 16.5. The summed E-state index contributed by atoms with van der Waals surface area (Å²) in [5.41, 5.74) is -0.472. The Kier molecular flexibility index (Phi) is 2.77. The Morgan fingerprint density at radius 2 is 2.20 bits per heavy atom. The van der Waals surface area contributed by atoms with E-state index in [1.165, 1.54) is 11.3 Å². The van der Waals surface area contributed by atoms with Gasteiger partial charge in [0.2, 0.25) is 5.91 Å². The fourth-order valence-corrected chi connectivity index (χ4v) is 2.50. The highest BCUT2D eigenvalue weighted by molar-refractivity contribution is 7.16. The summed E-state index contributed by atoms with van der Waals surface area (Å²) in [5, 5.41) is 3.03. The van der Waals surface area contributed by atoms with Crippen LogP contribution >= 0.6 is 22.9 Å². The first-order valence-corrected chi connectivity index (χ1v) is 6.26. The van der Waals surface area contributed by atoms with Crippen LogP contribution in [0, 0.1) is 0 Å². The van der Waals surface area contributed by atoms with Crippen LogP contribution in [0.1, 0.15) is 31.6 Å². The molecule has 1 amide bonds. The summed E-state index contributed by atoms with van der Waals surface area (Å²) in [6, 6.07) is 4.18. The largest absolute Gasteiger partial charge is 0.353 e. The summed E-state index contributed by atoms with van der Waals surface area (Å²) in [5.74, 6) is 0.100. The molecule has 1 N–H and O–H groups in total. The number of thiophene rings is 1. The molecule has 1 aromatic heterocycles. The van der Waals surface area contributed by atoms with Crippen molar-refractivity contribution in [3.8, 4) is 0 Å². The van der Waals surface area contributed by atoms with Crippen LogP contribution < -0.4 is 5.32 Å². The second-order valence-electron chi connectivity index (χ2n) is 4.48. The van der Waals surface area contributed by atoms with Crippen LogP contribution in [0.3, 0.4) is 0 Å². The van der Waals surface area contributed by atoms with Gasteiger partial charge in [0.25, 0.3) is 0 Å². The third kappa shape index (κ3) is 2.34. The topological polar surface area (TPSA) is 29.1 Å². The van der Waals surface area contributed by atoms with Gasteiger partial charge in [-0.25, -0.2) is 0 Å². The molecule has 1 aliphatic rings. The van der Waals surface area contributed by atoms with Crippen molar-refractivity contribution in [2.24, 2.45) is 0 Å². The Hall–Kier alpha value is -0.540. The third-order valence-corrected chi connectivity index (χ3v) is 4.22. The standard InChI is InChI=1S/C11H14ClNOS/c1-11(2,8-5-6-9(12)15-8)10(14)13-7-3-4-7/h5-7H,3-4H2,1-2H3,(H,13,14). The van der Waals surface area contributed by atoms with Crippen LogP contribution in [-0.2, 0) is 10.2 Å². The number of hydrogen-bond donors (Lipinski definition) is 1. The number of nitrogens with one attached hydrogen (secondary N) is 1. The van der Waals surface area contributed by atoms with Crippen molar-refractivity contribution in [2.45, 2.75) is 38.1 Å². The summed E-state index contributed by atoms with van der Waals surface area (Å²) in [4.78, 5) is 13.0. The van der Waals surface area contributed by atoms with Gasteiger partial charge in [-0.15, -0.1) is 11.3 Å². The highest BCUT2D eigenvalue weighted by Crippen LogP contribution is 2.33. The van der Waals surface area contributed by atoms with E-state index in [1.54, 1.807) is 0 Å². The van der Waals surface area contributed by atoms with Gasteiger partial charge in [0, 0.05) is 10.9 Å². The van der Waals surface area contributed by atoms with Crippen LogP contribution in [0.15, 0.2) is 12.1 Å². The highest BCUT2D eigenvalue weighted by atomic mass is 35.5. The molecular formula is C11H14ClNOS. The average Bonchev–Trinajstić information content (AvgIpc) is 2.86. The number of hydrogen-bond acceptors (Lipinski definition) is 2. The van der Waals surface area contributed by atoms with E-state index in [0.717, 1.165) is 22.1 Å². The molecule has 1 aliphatic carbocycles. The summed E-state index contributed by atoms with van der Waals surface area (Å²) in [7, 11) is 0. The van der Waals surface area contributed by atoms with Gasteiger partial charge in [-0.1, -0.05) is 11.6 Å². The van der Waals surface area contributed by atoms with E-state index in [1.807, 2.05) is 26.0 Å². The molecule has 0 bridgehead atoms. The minimum atomic E-state index is -0.472. The molecule has 1 saturated carbocycles. The Labute approximate surface area is 98.6 Å². The molecule has 2 nitrogen and oxygen atoms in total. The van der Waals surface area contributed by atoms with Crippen molar-refractivity contribution >= 4 is 28.8 Å². The maximum absolute atomic E-state index is 12.0. The van der Waals surface area contributed by atoms with Crippen LogP contribution in [0.4, 0.5) is 0 Å². The first kappa shape index (κ1) is 11.0.